The van der Waals surface area contributed by atoms with E-state index in [0.29, 0.717) is 0 Å². The number of nitrogens with one attached hydrogen (secondary N) is 1. The topological polar surface area (TPSA) is 28.7 Å². The molecule has 0 bridgehead atoms. The van der Waals surface area contributed by atoms with E-state index < -0.39 is 0 Å². The first-order valence-electron chi connectivity index (χ1n) is 4.24. The van der Waals surface area contributed by atoms with Crippen molar-refractivity contribution in [3.8, 4) is 0 Å². The summed E-state index contributed by atoms with van der Waals surface area (Å²) in [6.07, 6.45) is 2.80. The van der Waals surface area contributed by atoms with Gasteiger partial charge in [-0.3, -0.25) is 0 Å². The van der Waals surface area contributed by atoms with E-state index >= 15 is 0 Å². The molecule has 1 heterocycles. The Morgan fingerprint density at radius 1 is 1.42 bits per heavy atom. The number of rotatable bonds is 1. The van der Waals surface area contributed by atoms with Gasteiger partial charge in [0, 0.05) is 0 Å². The van der Waals surface area contributed by atoms with Gasteiger partial charge in [-0.15, -0.1) is 0 Å². The van der Waals surface area contributed by atoms with Gasteiger partial charge < -0.3 is 4.98 Å². The molecule has 0 amide bonds. The van der Waals surface area contributed by atoms with Crippen LogP contribution >= 0.6 is 0 Å². The number of H-pyrrole nitrogens is 1. The van der Waals surface area contributed by atoms with Crippen LogP contribution in [0.25, 0.3) is 11.0 Å². The standard InChI is InChI=1S/C10H12N2/c1-3-8-7(2)4-5-9-10(8)12-6-11-9/h4-6H,3H2,1-2H3,(H,11,12). The lowest BCUT2D eigenvalue weighted by molar-refractivity contribution is 1.12. The van der Waals surface area contributed by atoms with E-state index in [0.717, 1.165) is 17.5 Å². The molecule has 1 N–H and O–H groups in total. The molecule has 1 aromatic carbocycles. The lowest BCUT2D eigenvalue weighted by atomic mass is 10.1. The molecule has 2 nitrogen and oxygen atoms in total. The van der Waals surface area contributed by atoms with Gasteiger partial charge in [0.15, 0.2) is 0 Å². The van der Waals surface area contributed by atoms with Crippen LogP contribution in [0.2, 0.25) is 0 Å². The molecule has 0 aliphatic rings. The second-order valence-corrected chi connectivity index (χ2v) is 3.01. The van der Waals surface area contributed by atoms with Crippen molar-refractivity contribution in [3.05, 3.63) is 29.6 Å². The second kappa shape index (κ2) is 2.63. The predicted octanol–water partition coefficient (Wildman–Crippen LogP) is 2.43. The van der Waals surface area contributed by atoms with Gasteiger partial charge in [0.1, 0.15) is 0 Å². The molecule has 2 rings (SSSR count). The summed E-state index contributed by atoms with van der Waals surface area (Å²) in [5.74, 6) is 0. The summed E-state index contributed by atoms with van der Waals surface area (Å²) in [7, 11) is 0. The number of hydrogen-bond donors (Lipinski definition) is 1. The number of fused-ring (bicyclic) bond motifs is 1. The molecule has 0 saturated heterocycles. The SMILES string of the molecule is CCc1c(C)ccc2[nH]cnc12. The number of aryl methyl sites for hydroxylation is 2. The van der Waals surface area contributed by atoms with Crippen LogP contribution in [-0.2, 0) is 6.42 Å². The molecule has 2 aromatic rings. The Bertz CT molecular complexity index is 401. The number of hydrogen-bond acceptors (Lipinski definition) is 1. The molecule has 1 aromatic heterocycles. The van der Waals surface area contributed by atoms with Gasteiger partial charge in [0.05, 0.1) is 17.4 Å². The largest absolute Gasteiger partial charge is 0.345 e. The lowest BCUT2D eigenvalue weighted by Crippen LogP contribution is -1.87. The number of imidazole rings is 1. The third-order valence-corrected chi connectivity index (χ3v) is 2.28. The number of aromatic amines is 1. The maximum absolute atomic E-state index is 4.29. The van der Waals surface area contributed by atoms with E-state index in [2.05, 4.69) is 35.9 Å². The van der Waals surface area contributed by atoms with Crippen molar-refractivity contribution in [2.24, 2.45) is 0 Å². The summed E-state index contributed by atoms with van der Waals surface area (Å²) >= 11 is 0. The van der Waals surface area contributed by atoms with Crippen LogP contribution in [0.4, 0.5) is 0 Å². The molecule has 0 unspecified atom stereocenters. The molecule has 0 spiro atoms. The van der Waals surface area contributed by atoms with Gasteiger partial charge in [-0.05, 0) is 30.5 Å². The molecule has 12 heavy (non-hydrogen) atoms. The first-order valence-corrected chi connectivity index (χ1v) is 4.24. The highest BCUT2D eigenvalue weighted by Crippen LogP contribution is 2.18. The quantitative estimate of drug-likeness (QED) is 0.682. The Labute approximate surface area is 71.6 Å². The molecule has 0 saturated carbocycles. The summed E-state index contributed by atoms with van der Waals surface area (Å²) in [4.78, 5) is 7.41. The minimum absolute atomic E-state index is 1.05. The Kier molecular flexibility index (Phi) is 1.61. The van der Waals surface area contributed by atoms with Crippen LogP contribution in [0.15, 0.2) is 18.5 Å². The summed E-state index contributed by atoms with van der Waals surface area (Å²) in [5.41, 5.74) is 4.95. The smallest absolute Gasteiger partial charge is 0.0931 e. The van der Waals surface area contributed by atoms with Crippen molar-refractivity contribution in [3.63, 3.8) is 0 Å². The van der Waals surface area contributed by atoms with Crippen LogP contribution in [0, 0.1) is 6.92 Å². The van der Waals surface area contributed by atoms with E-state index in [-0.39, 0.29) is 0 Å². The number of aromatic nitrogens is 2. The lowest BCUT2D eigenvalue weighted by Gasteiger charge is -2.02. The summed E-state index contributed by atoms with van der Waals surface area (Å²) in [6, 6.07) is 4.22. The van der Waals surface area contributed by atoms with Crippen molar-refractivity contribution < 1.29 is 0 Å². The number of benzene rings is 1. The molecule has 0 atom stereocenters. The van der Waals surface area contributed by atoms with Crippen molar-refractivity contribution in [2.75, 3.05) is 0 Å². The van der Waals surface area contributed by atoms with Crippen molar-refractivity contribution in [1.82, 2.24) is 9.97 Å². The first kappa shape index (κ1) is 7.35. The van der Waals surface area contributed by atoms with E-state index in [9.17, 15) is 0 Å². The molecular weight excluding hydrogens is 148 g/mol. The van der Waals surface area contributed by atoms with E-state index in [1.807, 2.05) is 0 Å². The van der Waals surface area contributed by atoms with E-state index in [1.54, 1.807) is 6.33 Å². The molecule has 2 heteroatoms. The minimum atomic E-state index is 1.05. The summed E-state index contributed by atoms with van der Waals surface area (Å²) in [6.45, 7) is 4.30. The highest BCUT2D eigenvalue weighted by Gasteiger charge is 2.03. The zero-order valence-corrected chi connectivity index (χ0v) is 7.39. The maximum Gasteiger partial charge on any atom is 0.0931 e. The van der Waals surface area contributed by atoms with Gasteiger partial charge in [-0.2, -0.15) is 0 Å². The fourth-order valence-electron chi connectivity index (χ4n) is 1.61. The average molecular weight is 160 g/mol. The molecule has 62 valence electrons. The summed E-state index contributed by atoms with van der Waals surface area (Å²) < 4.78 is 0. The second-order valence-electron chi connectivity index (χ2n) is 3.01. The molecular formula is C10H12N2. The van der Waals surface area contributed by atoms with Crippen LogP contribution in [0.5, 0.6) is 0 Å². The predicted molar refractivity (Wildman–Crippen MR) is 50.2 cm³/mol. The molecule has 0 radical (unpaired) electrons. The first-order chi connectivity index (χ1) is 5.83. The fourth-order valence-corrected chi connectivity index (χ4v) is 1.61. The van der Waals surface area contributed by atoms with Crippen LogP contribution in [0.1, 0.15) is 18.1 Å². The highest BCUT2D eigenvalue weighted by molar-refractivity contribution is 5.79. The maximum atomic E-state index is 4.29. The van der Waals surface area contributed by atoms with E-state index in [1.165, 1.54) is 11.1 Å². The third-order valence-electron chi connectivity index (χ3n) is 2.28. The van der Waals surface area contributed by atoms with Crippen LogP contribution in [0.3, 0.4) is 0 Å². The Balaban J connectivity index is 2.83. The van der Waals surface area contributed by atoms with Gasteiger partial charge in [0.2, 0.25) is 0 Å². The summed E-state index contributed by atoms with van der Waals surface area (Å²) in [5, 5.41) is 0. The highest BCUT2D eigenvalue weighted by atomic mass is 14.9. The average Bonchev–Trinajstić information content (AvgIpc) is 2.52. The van der Waals surface area contributed by atoms with Gasteiger partial charge in [-0.1, -0.05) is 13.0 Å². The van der Waals surface area contributed by atoms with Crippen molar-refractivity contribution in [2.45, 2.75) is 20.3 Å². The Morgan fingerprint density at radius 3 is 3.00 bits per heavy atom. The van der Waals surface area contributed by atoms with E-state index in [4.69, 9.17) is 0 Å². The fraction of sp³-hybridized carbons (Fsp3) is 0.300. The van der Waals surface area contributed by atoms with Crippen molar-refractivity contribution >= 4 is 11.0 Å². The van der Waals surface area contributed by atoms with Crippen LogP contribution in [-0.4, -0.2) is 9.97 Å². The molecule has 0 aliphatic carbocycles. The zero-order chi connectivity index (χ0) is 8.55. The third kappa shape index (κ3) is 0.916. The number of nitrogens with zero attached hydrogens (tertiary/aromatic N) is 1. The molecule has 0 aliphatic heterocycles. The van der Waals surface area contributed by atoms with Crippen LogP contribution < -0.4 is 0 Å². The normalized spacial score (nSPS) is 10.8. The van der Waals surface area contributed by atoms with Gasteiger partial charge in [0.25, 0.3) is 0 Å². The Hall–Kier alpha value is -1.31. The Morgan fingerprint density at radius 2 is 2.25 bits per heavy atom. The van der Waals surface area contributed by atoms with Gasteiger partial charge in [-0.25, -0.2) is 4.98 Å². The van der Waals surface area contributed by atoms with Crippen molar-refractivity contribution in [1.29, 1.82) is 0 Å². The monoisotopic (exact) mass is 160 g/mol. The minimum Gasteiger partial charge on any atom is -0.345 e. The van der Waals surface area contributed by atoms with Gasteiger partial charge >= 0.3 is 0 Å². The zero-order valence-electron chi connectivity index (χ0n) is 7.39. The molecule has 0 fully saturated rings.